The lowest BCUT2D eigenvalue weighted by Crippen LogP contribution is -2.44. The number of aromatic nitrogens is 2. The largest absolute Gasteiger partial charge is 0.377 e. The lowest BCUT2D eigenvalue weighted by atomic mass is 10.1. The minimum absolute atomic E-state index is 0.155. The van der Waals surface area contributed by atoms with E-state index in [1.165, 1.54) is 16.0 Å². The minimum Gasteiger partial charge on any atom is -0.377 e. The number of hydrogen-bond donors (Lipinski definition) is 1. The standard InChI is InChI=1S/C16H16BrN3O3S/c17-10-5-14(24-8-10)16(22)18-12-6-23-7-13(12)20-15(21)4-3-11(19-20)9-1-2-9/h3-5,8-9,12-13H,1-2,6-7H2,(H,18,22). The van der Waals surface area contributed by atoms with Gasteiger partial charge >= 0.3 is 0 Å². The summed E-state index contributed by atoms with van der Waals surface area (Å²) >= 11 is 4.72. The molecule has 1 amide bonds. The van der Waals surface area contributed by atoms with Crippen LogP contribution in [0.25, 0.3) is 0 Å². The van der Waals surface area contributed by atoms with Gasteiger partial charge in [-0.3, -0.25) is 9.59 Å². The molecule has 2 aliphatic rings. The average molecular weight is 410 g/mol. The van der Waals surface area contributed by atoms with Crippen molar-refractivity contribution in [3.63, 3.8) is 0 Å². The van der Waals surface area contributed by atoms with Crippen LogP contribution in [0.4, 0.5) is 0 Å². The van der Waals surface area contributed by atoms with Crippen LogP contribution >= 0.6 is 27.3 Å². The smallest absolute Gasteiger partial charge is 0.267 e. The topological polar surface area (TPSA) is 73.2 Å². The van der Waals surface area contributed by atoms with Gasteiger partial charge in [0, 0.05) is 21.8 Å². The highest BCUT2D eigenvalue weighted by molar-refractivity contribution is 9.10. The van der Waals surface area contributed by atoms with Crippen molar-refractivity contribution in [1.82, 2.24) is 15.1 Å². The predicted molar refractivity (Wildman–Crippen MR) is 93.6 cm³/mol. The molecule has 0 spiro atoms. The zero-order chi connectivity index (χ0) is 16.7. The van der Waals surface area contributed by atoms with Crippen molar-refractivity contribution in [2.75, 3.05) is 13.2 Å². The van der Waals surface area contributed by atoms with Crippen LogP contribution in [-0.2, 0) is 4.74 Å². The third-order valence-corrected chi connectivity index (χ3v) is 6.00. The second-order valence-electron chi connectivity index (χ2n) is 6.13. The maximum absolute atomic E-state index is 12.4. The van der Waals surface area contributed by atoms with E-state index >= 15 is 0 Å². The first-order chi connectivity index (χ1) is 11.6. The van der Waals surface area contributed by atoms with Crippen LogP contribution in [0.2, 0.25) is 0 Å². The number of hydrogen-bond acceptors (Lipinski definition) is 5. The normalized spacial score (nSPS) is 23.4. The van der Waals surface area contributed by atoms with Gasteiger partial charge in [-0.15, -0.1) is 11.3 Å². The van der Waals surface area contributed by atoms with Crippen LogP contribution in [0.15, 0.2) is 32.8 Å². The molecule has 4 rings (SSSR count). The molecule has 1 saturated carbocycles. The van der Waals surface area contributed by atoms with Crippen LogP contribution in [-0.4, -0.2) is 34.9 Å². The highest BCUT2D eigenvalue weighted by Gasteiger charge is 2.34. The third-order valence-electron chi connectivity index (χ3n) is 4.31. The number of ether oxygens (including phenoxy) is 1. The van der Waals surface area contributed by atoms with Gasteiger partial charge in [-0.25, -0.2) is 4.68 Å². The number of nitrogens with zero attached hydrogens (tertiary/aromatic N) is 2. The van der Waals surface area contributed by atoms with Crippen molar-refractivity contribution in [1.29, 1.82) is 0 Å². The Labute approximate surface area is 151 Å². The van der Waals surface area contributed by atoms with Crippen molar-refractivity contribution in [3.05, 3.63) is 49.0 Å². The van der Waals surface area contributed by atoms with E-state index < -0.39 is 0 Å². The molecular weight excluding hydrogens is 394 g/mol. The van der Waals surface area contributed by atoms with E-state index in [1.54, 1.807) is 12.1 Å². The predicted octanol–water partition coefficient (Wildman–Crippen LogP) is 2.31. The second-order valence-corrected chi connectivity index (χ2v) is 7.96. The highest BCUT2D eigenvalue weighted by Crippen LogP contribution is 2.38. The van der Waals surface area contributed by atoms with Crippen LogP contribution in [0.3, 0.4) is 0 Å². The Balaban J connectivity index is 1.55. The van der Waals surface area contributed by atoms with Gasteiger partial charge in [-0.2, -0.15) is 5.10 Å². The fourth-order valence-corrected chi connectivity index (χ4v) is 4.20. The lowest BCUT2D eigenvalue weighted by Gasteiger charge is -2.20. The molecule has 1 saturated heterocycles. The van der Waals surface area contributed by atoms with Crippen LogP contribution in [0.1, 0.15) is 40.2 Å². The molecule has 1 aliphatic heterocycles. The second kappa shape index (κ2) is 6.42. The summed E-state index contributed by atoms with van der Waals surface area (Å²) in [5, 5.41) is 9.36. The van der Waals surface area contributed by atoms with Crippen molar-refractivity contribution in [3.8, 4) is 0 Å². The molecule has 0 radical (unpaired) electrons. The molecule has 6 nitrogen and oxygen atoms in total. The van der Waals surface area contributed by atoms with Gasteiger partial charge in [0.2, 0.25) is 0 Å². The van der Waals surface area contributed by atoms with E-state index in [2.05, 4.69) is 26.3 Å². The highest BCUT2D eigenvalue weighted by atomic mass is 79.9. The van der Waals surface area contributed by atoms with Gasteiger partial charge in [0.1, 0.15) is 6.04 Å². The van der Waals surface area contributed by atoms with E-state index in [0.717, 1.165) is 23.0 Å². The maximum atomic E-state index is 12.4. The Bertz CT molecular complexity index is 830. The van der Waals surface area contributed by atoms with Crippen molar-refractivity contribution >= 4 is 33.2 Å². The van der Waals surface area contributed by atoms with Crippen LogP contribution in [0, 0.1) is 0 Å². The van der Waals surface area contributed by atoms with Gasteiger partial charge in [0.05, 0.1) is 29.8 Å². The molecule has 2 fully saturated rings. The van der Waals surface area contributed by atoms with E-state index in [1.807, 2.05) is 11.4 Å². The Morgan fingerprint density at radius 2 is 2.21 bits per heavy atom. The molecule has 1 N–H and O–H groups in total. The summed E-state index contributed by atoms with van der Waals surface area (Å²) in [7, 11) is 0. The molecule has 8 heteroatoms. The summed E-state index contributed by atoms with van der Waals surface area (Å²) in [6, 6.07) is 4.61. The summed E-state index contributed by atoms with van der Waals surface area (Å²) < 4.78 is 7.88. The monoisotopic (exact) mass is 409 g/mol. The third kappa shape index (κ3) is 3.18. The van der Waals surface area contributed by atoms with Gasteiger partial charge in [0.25, 0.3) is 11.5 Å². The molecule has 1 aliphatic carbocycles. The van der Waals surface area contributed by atoms with E-state index in [0.29, 0.717) is 24.0 Å². The molecule has 24 heavy (non-hydrogen) atoms. The Hall–Kier alpha value is -1.51. The van der Waals surface area contributed by atoms with Gasteiger partial charge in [-0.05, 0) is 40.9 Å². The summed E-state index contributed by atoms with van der Waals surface area (Å²) in [5.74, 6) is 0.313. The Morgan fingerprint density at radius 1 is 1.38 bits per heavy atom. The average Bonchev–Trinajstić information content (AvgIpc) is 3.17. The number of carbonyl (C=O) groups excluding carboxylic acids is 1. The maximum Gasteiger partial charge on any atom is 0.267 e. The summed E-state index contributed by atoms with van der Waals surface area (Å²) in [6.45, 7) is 0.755. The van der Waals surface area contributed by atoms with Crippen molar-refractivity contribution < 1.29 is 9.53 Å². The minimum atomic E-state index is -0.274. The Morgan fingerprint density at radius 3 is 2.92 bits per heavy atom. The molecule has 2 aromatic rings. The summed E-state index contributed by atoms with van der Waals surface area (Å²) in [6.07, 6.45) is 2.25. The van der Waals surface area contributed by atoms with Gasteiger partial charge in [0.15, 0.2) is 0 Å². The molecule has 2 aromatic heterocycles. The quantitative estimate of drug-likeness (QED) is 0.840. The number of amides is 1. The molecule has 3 heterocycles. The molecule has 2 unspecified atom stereocenters. The SMILES string of the molecule is O=C(NC1COCC1n1nc(C2CC2)ccc1=O)c1cc(Br)cs1. The van der Waals surface area contributed by atoms with E-state index in [9.17, 15) is 9.59 Å². The van der Waals surface area contributed by atoms with E-state index in [-0.39, 0.29) is 23.6 Å². The zero-order valence-corrected chi connectivity index (χ0v) is 15.2. The number of halogens is 1. The first-order valence-electron chi connectivity index (χ1n) is 7.84. The number of thiophene rings is 1. The molecule has 126 valence electrons. The first kappa shape index (κ1) is 16.0. The first-order valence-corrected chi connectivity index (χ1v) is 9.51. The van der Waals surface area contributed by atoms with Gasteiger partial charge < -0.3 is 10.1 Å². The molecule has 0 aromatic carbocycles. The van der Waals surface area contributed by atoms with Crippen LogP contribution in [0.5, 0.6) is 0 Å². The van der Waals surface area contributed by atoms with E-state index in [4.69, 9.17) is 4.74 Å². The molecule has 2 atom stereocenters. The lowest BCUT2D eigenvalue weighted by molar-refractivity contribution is 0.0928. The number of carbonyl (C=O) groups is 1. The summed E-state index contributed by atoms with van der Waals surface area (Å²) in [4.78, 5) is 25.2. The zero-order valence-electron chi connectivity index (χ0n) is 12.8. The van der Waals surface area contributed by atoms with Crippen molar-refractivity contribution in [2.24, 2.45) is 0 Å². The summed E-state index contributed by atoms with van der Waals surface area (Å²) in [5.41, 5.74) is 0.793. The number of nitrogens with one attached hydrogen (secondary N) is 1. The number of rotatable bonds is 4. The molecule has 0 bridgehead atoms. The fourth-order valence-electron chi connectivity index (χ4n) is 2.87. The molecular formula is C16H16BrN3O3S. The van der Waals surface area contributed by atoms with Crippen molar-refractivity contribution in [2.45, 2.75) is 30.8 Å². The Kier molecular flexibility index (Phi) is 4.28. The van der Waals surface area contributed by atoms with Crippen LogP contribution < -0.4 is 10.9 Å². The van der Waals surface area contributed by atoms with Gasteiger partial charge in [-0.1, -0.05) is 0 Å². The fraction of sp³-hybridized carbons (Fsp3) is 0.438.